The Morgan fingerprint density at radius 3 is 3.00 bits per heavy atom. The van der Waals surface area contributed by atoms with Gasteiger partial charge in [0, 0.05) is 17.8 Å². The van der Waals surface area contributed by atoms with Crippen LogP contribution in [0, 0.1) is 0 Å². The molecule has 6 nitrogen and oxygen atoms in total. The predicted octanol–water partition coefficient (Wildman–Crippen LogP) is 0.589. The van der Waals surface area contributed by atoms with E-state index in [2.05, 4.69) is 36.5 Å². The van der Waals surface area contributed by atoms with Crippen LogP contribution < -0.4 is 10.6 Å². The minimum absolute atomic E-state index is 0.225. The molecule has 1 aliphatic rings. The molecule has 2 rings (SSSR count). The molecule has 17 heavy (non-hydrogen) atoms. The van der Waals surface area contributed by atoms with E-state index in [1.165, 1.54) is 6.33 Å². The summed E-state index contributed by atoms with van der Waals surface area (Å²) in [6.45, 7) is 0. The van der Waals surface area contributed by atoms with E-state index in [4.69, 9.17) is 0 Å². The van der Waals surface area contributed by atoms with Crippen LogP contribution in [0.3, 0.4) is 0 Å². The van der Waals surface area contributed by atoms with Gasteiger partial charge < -0.3 is 5.32 Å². The molecule has 90 valence electrons. The Bertz CT molecular complexity index is 452. The zero-order valence-corrected chi connectivity index (χ0v) is 10.5. The number of alkyl halides is 1. The van der Waals surface area contributed by atoms with Gasteiger partial charge in [0.1, 0.15) is 18.2 Å². The third-order valence-corrected chi connectivity index (χ3v) is 3.00. The number of nitrogens with one attached hydrogen (secondary N) is 2. The Kier molecular flexibility index (Phi) is 3.68. The fourth-order valence-electron chi connectivity index (χ4n) is 1.56. The quantitative estimate of drug-likeness (QED) is 0.630. The first kappa shape index (κ1) is 12.0. The molecule has 0 saturated carbocycles. The minimum atomic E-state index is -0.411. The van der Waals surface area contributed by atoms with E-state index in [-0.39, 0.29) is 11.8 Å². The molecule has 1 fully saturated rings. The molecule has 7 heteroatoms. The average Bonchev–Trinajstić information content (AvgIpc) is 2.33. The largest absolute Gasteiger partial charge is 0.358 e. The molecule has 1 aromatic rings. The molecule has 0 bridgehead atoms. The van der Waals surface area contributed by atoms with Crippen molar-refractivity contribution in [2.24, 2.45) is 0 Å². The number of piperidine rings is 1. The highest BCUT2D eigenvalue weighted by molar-refractivity contribution is 9.08. The standard InChI is InChI=1S/C10H11BrN4O2/c11-4-6-3-8(13-5-12-6)14-7-1-2-9(16)15-10(7)17/h3,5,7H,1-2,4H2,(H,12,13,14)(H,15,16,17). The molecule has 1 aromatic heterocycles. The van der Waals surface area contributed by atoms with Crippen molar-refractivity contribution in [3.05, 3.63) is 18.1 Å². The molecule has 0 radical (unpaired) electrons. The van der Waals surface area contributed by atoms with E-state index < -0.39 is 6.04 Å². The van der Waals surface area contributed by atoms with Crippen LogP contribution >= 0.6 is 15.9 Å². The summed E-state index contributed by atoms with van der Waals surface area (Å²) in [5.41, 5.74) is 0.829. The summed E-state index contributed by atoms with van der Waals surface area (Å²) in [4.78, 5) is 30.6. The van der Waals surface area contributed by atoms with E-state index in [0.29, 0.717) is 24.0 Å². The fraction of sp³-hybridized carbons (Fsp3) is 0.400. The lowest BCUT2D eigenvalue weighted by atomic mass is 10.1. The van der Waals surface area contributed by atoms with Crippen LogP contribution in [0.2, 0.25) is 0 Å². The number of aromatic nitrogens is 2. The number of amides is 2. The van der Waals surface area contributed by atoms with Crippen LogP contribution in [-0.2, 0) is 14.9 Å². The van der Waals surface area contributed by atoms with Crippen molar-refractivity contribution < 1.29 is 9.59 Å². The lowest BCUT2D eigenvalue weighted by Gasteiger charge is -2.22. The molecule has 1 unspecified atom stereocenters. The van der Waals surface area contributed by atoms with E-state index >= 15 is 0 Å². The number of hydrogen-bond acceptors (Lipinski definition) is 5. The smallest absolute Gasteiger partial charge is 0.249 e. The monoisotopic (exact) mass is 298 g/mol. The molecule has 2 amide bonds. The van der Waals surface area contributed by atoms with E-state index in [0.717, 1.165) is 5.69 Å². The van der Waals surface area contributed by atoms with Crippen molar-refractivity contribution in [1.29, 1.82) is 0 Å². The Morgan fingerprint density at radius 1 is 1.47 bits per heavy atom. The molecule has 1 atom stereocenters. The summed E-state index contributed by atoms with van der Waals surface area (Å²) in [6, 6.07) is 1.35. The lowest BCUT2D eigenvalue weighted by molar-refractivity contribution is -0.133. The third kappa shape index (κ3) is 3.00. The Hall–Kier alpha value is -1.50. The molecule has 1 aliphatic heterocycles. The number of carbonyl (C=O) groups excluding carboxylic acids is 2. The molecule has 0 spiro atoms. The van der Waals surface area contributed by atoms with Crippen molar-refractivity contribution in [3.8, 4) is 0 Å². The molecule has 1 saturated heterocycles. The second kappa shape index (κ2) is 5.22. The predicted molar refractivity (Wildman–Crippen MR) is 64.5 cm³/mol. The molecular formula is C10H11BrN4O2. The molecular weight excluding hydrogens is 288 g/mol. The van der Waals surface area contributed by atoms with Gasteiger partial charge in [0.05, 0.1) is 5.69 Å². The minimum Gasteiger partial charge on any atom is -0.358 e. The van der Waals surface area contributed by atoms with Gasteiger partial charge in [-0.1, -0.05) is 15.9 Å². The number of hydrogen-bond donors (Lipinski definition) is 2. The maximum Gasteiger partial charge on any atom is 0.249 e. The van der Waals surface area contributed by atoms with Gasteiger partial charge >= 0.3 is 0 Å². The maximum atomic E-state index is 11.5. The van der Waals surface area contributed by atoms with Gasteiger partial charge in [-0.05, 0) is 6.42 Å². The van der Waals surface area contributed by atoms with Crippen LogP contribution in [-0.4, -0.2) is 27.8 Å². The van der Waals surface area contributed by atoms with Crippen LogP contribution in [0.4, 0.5) is 5.82 Å². The van der Waals surface area contributed by atoms with Crippen LogP contribution in [0.1, 0.15) is 18.5 Å². The zero-order valence-electron chi connectivity index (χ0n) is 8.94. The first-order valence-electron chi connectivity index (χ1n) is 5.16. The van der Waals surface area contributed by atoms with Crippen molar-refractivity contribution in [2.75, 3.05) is 5.32 Å². The average molecular weight is 299 g/mol. The second-order valence-electron chi connectivity index (χ2n) is 3.68. The van der Waals surface area contributed by atoms with Crippen LogP contribution in [0.5, 0.6) is 0 Å². The highest BCUT2D eigenvalue weighted by atomic mass is 79.9. The van der Waals surface area contributed by atoms with Gasteiger partial charge in [0.15, 0.2) is 0 Å². The molecule has 0 aliphatic carbocycles. The van der Waals surface area contributed by atoms with E-state index in [1.807, 2.05) is 0 Å². The molecule has 0 aromatic carbocycles. The summed E-state index contributed by atoms with van der Waals surface area (Å²) < 4.78 is 0. The van der Waals surface area contributed by atoms with Gasteiger partial charge in [-0.2, -0.15) is 0 Å². The highest BCUT2D eigenvalue weighted by Gasteiger charge is 2.26. The number of carbonyl (C=O) groups is 2. The van der Waals surface area contributed by atoms with Crippen LogP contribution in [0.25, 0.3) is 0 Å². The number of halogens is 1. The number of anilines is 1. The van der Waals surface area contributed by atoms with Gasteiger partial charge in [0.25, 0.3) is 0 Å². The van der Waals surface area contributed by atoms with Crippen molar-refractivity contribution in [3.63, 3.8) is 0 Å². The SMILES string of the molecule is O=C1CCC(Nc2cc(CBr)ncn2)C(=O)N1. The maximum absolute atomic E-state index is 11.5. The Labute approximate surface area is 106 Å². The third-order valence-electron chi connectivity index (χ3n) is 2.42. The number of nitrogens with zero attached hydrogens (tertiary/aromatic N) is 2. The van der Waals surface area contributed by atoms with Gasteiger partial charge in [0.2, 0.25) is 11.8 Å². The summed E-state index contributed by atoms with van der Waals surface area (Å²) in [5.74, 6) is 0.0566. The van der Waals surface area contributed by atoms with E-state index in [9.17, 15) is 9.59 Å². The Balaban J connectivity index is 2.05. The van der Waals surface area contributed by atoms with Crippen molar-refractivity contribution in [1.82, 2.24) is 15.3 Å². The summed E-state index contributed by atoms with van der Waals surface area (Å²) in [5, 5.41) is 5.90. The van der Waals surface area contributed by atoms with Crippen molar-refractivity contribution in [2.45, 2.75) is 24.2 Å². The fourth-order valence-corrected chi connectivity index (χ4v) is 1.87. The zero-order chi connectivity index (χ0) is 12.3. The van der Waals surface area contributed by atoms with Gasteiger partial charge in [-0.3, -0.25) is 14.9 Å². The number of rotatable bonds is 3. The first-order valence-corrected chi connectivity index (χ1v) is 6.28. The normalized spacial score (nSPS) is 19.9. The summed E-state index contributed by atoms with van der Waals surface area (Å²) >= 11 is 3.29. The number of imide groups is 1. The topological polar surface area (TPSA) is 84.0 Å². The van der Waals surface area contributed by atoms with Gasteiger partial charge in [-0.15, -0.1) is 0 Å². The Morgan fingerprint density at radius 2 is 2.29 bits per heavy atom. The molecule has 2 heterocycles. The first-order chi connectivity index (χ1) is 8.19. The lowest BCUT2D eigenvalue weighted by Crippen LogP contribution is -2.47. The van der Waals surface area contributed by atoms with Crippen molar-refractivity contribution >= 4 is 33.6 Å². The summed E-state index contributed by atoms with van der Waals surface area (Å²) in [7, 11) is 0. The highest BCUT2D eigenvalue weighted by Crippen LogP contribution is 2.12. The molecule has 2 N–H and O–H groups in total. The second-order valence-corrected chi connectivity index (χ2v) is 4.24. The van der Waals surface area contributed by atoms with Crippen LogP contribution in [0.15, 0.2) is 12.4 Å². The van der Waals surface area contributed by atoms with E-state index in [1.54, 1.807) is 6.07 Å². The van der Waals surface area contributed by atoms with Gasteiger partial charge in [-0.25, -0.2) is 9.97 Å². The summed E-state index contributed by atoms with van der Waals surface area (Å²) in [6.07, 6.45) is 2.27.